The summed E-state index contributed by atoms with van der Waals surface area (Å²) < 4.78 is 0. The van der Waals surface area contributed by atoms with E-state index in [1.165, 1.54) is 0 Å². The molecule has 0 aliphatic carbocycles. The third-order valence-electron chi connectivity index (χ3n) is 3.42. The van der Waals surface area contributed by atoms with Crippen molar-refractivity contribution in [3.8, 4) is 0 Å². The fraction of sp³-hybridized carbons (Fsp3) is 0.333. The molecular weight excluding hydrogens is 266 g/mol. The highest BCUT2D eigenvalue weighted by Gasteiger charge is 2.11. The highest BCUT2D eigenvalue weighted by molar-refractivity contribution is 5.99. The predicted octanol–water partition coefficient (Wildman–Crippen LogP) is 1.20. The van der Waals surface area contributed by atoms with Crippen molar-refractivity contribution in [2.45, 2.75) is 6.92 Å². The third kappa shape index (κ3) is 3.68. The van der Waals surface area contributed by atoms with E-state index in [0.717, 1.165) is 24.0 Å². The van der Waals surface area contributed by atoms with Gasteiger partial charge in [-0.2, -0.15) is 0 Å². The largest absolute Gasteiger partial charge is 0.349 e. The Morgan fingerprint density at radius 2 is 2.14 bits per heavy atom. The van der Waals surface area contributed by atoms with Crippen molar-refractivity contribution in [2.24, 2.45) is 5.84 Å². The van der Waals surface area contributed by atoms with Gasteiger partial charge in [0.15, 0.2) is 0 Å². The molecule has 0 atom stereocenters. The van der Waals surface area contributed by atoms with Crippen LogP contribution in [0.25, 0.3) is 10.9 Å². The number of likely N-dealkylation sites (N-methyl/N-ethyl adjacent to an activating group) is 1. The Bertz CT molecular complexity index is 628. The van der Waals surface area contributed by atoms with Crippen LogP contribution < -0.4 is 16.6 Å². The van der Waals surface area contributed by atoms with E-state index < -0.39 is 0 Å². The summed E-state index contributed by atoms with van der Waals surface area (Å²) in [4.78, 5) is 18.7. The number of hydrazine groups is 1. The van der Waals surface area contributed by atoms with Gasteiger partial charge in [-0.3, -0.25) is 10.6 Å². The number of nitrogens with two attached hydrogens (primary N) is 1. The standard InChI is InChI=1S/C15H21N5O/c1-3-20(2)9-8-17-15(21)14-10-13(19-16)11-6-4-5-7-12(11)18-14/h4-7,10H,3,8-9,16H2,1-2H3,(H,17,21)(H,18,19). The molecule has 1 heterocycles. The number of rotatable bonds is 6. The first-order valence-electron chi connectivity index (χ1n) is 6.99. The van der Waals surface area contributed by atoms with Gasteiger partial charge in [0.05, 0.1) is 11.2 Å². The molecule has 0 saturated carbocycles. The van der Waals surface area contributed by atoms with E-state index in [0.29, 0.717) is 17.9 Å². The van der Waals surface area contributed by atoms with Crippen molar-refractivity contribution in [2.75, 3.05) is 32.1 Å². The lowest BCUT2D eigenvalue weighted by atomic mass is 10.1. The van der Waals surface area contributed by atoms with Gasteiger partial charge in [0.25, 0.3) is 5.91 Å². The first kappa shape index (κ1) is 15.2. The van der Waals surface area contributed by atoms with Crippen LogP contribution in [0.3, 0.4) is 0 Å². The van der Waals surface area contributed by atoms with E-state index in [4.69, 9.17) is 5.84 Å². The first-order chi connectivity index (χ1) is 10.2. The van der Waals surface area contributed by atoms with Crippen molar-refractivity contribution < 1.29 is 4.79 Å². The molecule has 112 valence electrons. The van der Waals surface area contributed by atoms with Crippen LogP contribution in [0.5, 0.6) is 0 Å². The number of amides is 1. The van der Waals surface area contributed by atoms with Crippen molar-refractivity contribution in [1.29, 1.82) is 0 Å². The van der Waals surface area contributed by atoms with Gasteiger partial charge in [-0.1, -0.05) is 25.1 Å². The van der Waals surface area contributed by atoms with Crippen LogP contribution >= 0.6 is 0 Å². The number of anilines is 1. The Labute approximate surface area is 124 Å². The summed E-state index contributed by atoms with van der Waals surface area (Å²) in [5.74, 6) is 5.33. The predicted molar refractivity (Wildman–Crippen MR) is 85.1 cm³/mol. The molecule has 1 aromatic heterocycles. The summed E-state index contributed by atoms with van der Waals surface area (Å²) >= 11 is 0. The van der Waals surface area contributed by atoms with Crippen molar-refractivity contribution in [1.82, 2.24) is 15.2 Å². The zero-order chi connectivity index (χ0) is 15.2. The quantitative estimate of drug-likeness (QED) is 0.549. The Hall–Kier alpha value is -2.18. The number of aromatic nitrogens is 1. The van der Waals surface area contributed by atoms with Gasteiger partial charge in [-0.15, -0.1) is 0 Å². The van der Waals surface area contributed by atoms with Crippen LogP contribution in [-0.2, 0) is 0 Å². The molecule has 2 rings (SSSR count). The lowest BCUT2D eigenvalue weighted by Gasteiger charge is -2.14. The summed E-state index contributed by atoms with van der Waals surface area (Å²) in [6.45, 7) is 4.41. The van der Waals surface area contributed by atoms with Crippen molar-refractivity contribution in [3.63, 3.8) is 0 Å². The topological polar surface area (TPSA) is 83.3 Å². The minimum absolute atomic E-state index is 0.193. The number of nitrogen functional groups attached to an aromatic ring is 1. The summed E-state index contributed by atoms with van der Waals surface area (Å²) in [6, 6.07) is 9.23. The number of benzene rings is 1. The molecule has 0 aliphatic rings. The zero-order valence-corrected chi connectivity index (χ0v) is 12.4. The molecule has 1 amide bonds. The number of carbonyl (C=O) groups excluding carboxylic acids is 1. The van der Waals surface area contributed by atoms with Crippen LogP contribution in [0.1, 0.15) is 17.4 Å². The van der Waals surface area contributed by atoms with Crippen molar-refractivity contribution >= 4 is 22.5 Å². The van der Waals surface area contributed by atoms with Gasteiger partial charge in [0.1, 0.15) is 5.69 Å². The molecule has 21 heavy (non-hydrogen) atoms. The highest BCUT2D eigenvalue weighted by Crippen LogP contribution is 2.22. The van der Waals surface area contributed by atoms with Gasteiger partial charge in [0, 0.05) is 18.5 Å². The van der Waals surface area contributed by atoms with Crippen LogP contribution in [-0.4, -0.2) is 42.5 Å². The summed E-state index contributed by atoms with van der Waals surface area (Å²) in [6.07, 6.45) is 0. The number of carbonyl (C=O) groups is 1. The average molecular weight is 287 g/mol. The van der Waals surface area contributed by atoms with Gasteiger partial charge in [0.2, 0.25) is 0 Å². The zero-order valence-electron chi connectivity index (χ0n) is 12.4. The van der Waals surface area contributed by atoms with E-state index in [9.17, 15) is 4.79 Å². The Balaban J connectivity index is 2.16. The Morgan fingerprint density at radius 3 is 2.86 bits per heavy atom. The molecule has 0 aliphatic heterocycles. The number of pyridine rings is 1. The number of nitrogens with one attached hydrogen (secondary N) is 2. The lowest BCUT2D eigenvalue weighted by Crippen LogP contribution is -2.33. The maximum Gasteiger partial charge on any atom is 0.270 e. The molecular formula is C15H21N5O. The minimum Gasteiger partial charge on any atom is -0.349 e. The number of nitrogens with zero attached hydrogens (tertiary/aromatic N) is 2. The average Bonchev–Trinajstić information content (AvgIpc) is 2.53. The molecule has 0 saturated heterocycles. The van der Waals surface area contributed by atoms with Crippen LogP contribution in [0.4, 0.5) is 5.69 Å². The first-order valence-corrected chi connectivity index (χ1v) is 6.99. The molecule has 6 heteroatoms. The maximum absolute atomic E-state index is 12.2. The van der Waals surface area contributed by atoms with E-state index in [2.05, 4.69) is 27.6 Å². The molecule has 2 aromatic rings. The summed E-state index contributed by atoms with van der Waals surface area (Å²) in [7, 11) is 2.01. The third-order valence-corrected chi connectivity index (χ3v) is 3.42. The van der Waals surface area contributed by atoms with Gasteiger partial charge >= 0.3 is 0 Å². The molecule has 0 fully saturated rings. The lowest BCUT2D eigenvalue weighted by molar-refractivity contribution is 0.0945. The molecule has 1 aromatic carbocycles. The number of fused-ring (bicyclic) bond motifs is 1. The van der Waals surface area contributed by atoms with E-state index in [1.54, 1.807) is 6.07 Å². The molecule has 0 radical (unpaired) electrons. The van der Waals surface area contributed by atoms with E-state index >= 15 is 0 Å². The van der Waals surface area contributed by atoms with E-state index in [1.807, 2.05) is 31.3 Å². The maximum atomic E-state index is 12.2. The normalized spacial score (nSPS) is 10.9. The monoisotopic (exact) mass is 287 g/mol. The van der Waals surface area contributed by atoms with Gasteiger partial charge in [-0.05, 0) is 25.7 Å². The molecule has 6 nitrogen and oxygen atoms in total. The number of hydrogen-bond donors (Lipinski definition) is 3. The summed E-state index contributed by atoms with van der Waals surface area (Å²) in [5.41, 5.74) is 4.41. The van der Waals surface area contributed by atoms with Gasteiger partial charge in [-0.25, -0.2) is 4.98 Å². The second kappa shape index (κ2) is 7.01. The SMILES string of the molecule is CCN(C)CCNC(=O)c1cc(NN)c2ccccc2n1. The smallest absolute Gasteiger partial charge is 0.270 e. The number of hydrogen-bond acceptors (Lipinski definition) is 5. The molecule has 4 N–H and O–H groups in total. The Morgan fingerprint density at radius 1 is 1.38 bits per heavy atom. The highest BCUT2D eigenvalue weighted by atomic mass is 16.1. The fourth-order valence-corrected chi connectivity index (χ4v) is 2.02. The van der Waals surface area contributed by atoms with Gasteiger partial charge < -0.3 is 15.6 Å². The van der Waals surface area contributed by atoms with E-state index in [-0.39, 0.29) is 5.91 Å². The minimum atomic E-state index is -0.193. The molecule has 0 unspecified atom stereocenters. The molecule has 0 spiro atoms. The van der Waals surface area contributed by atoms with Crippen LogP contribution in [0.2, 0.25) is 0 Å². The number of para-hydroxylation sites is 1. The fourth-order valence-electron chi connectivity index (χ4n) is 2.02. The van der Waals surface area contributed by atoms with Crippen molar-refractivity contribution in [3.05, 3.63) is 36.0 Å². The second-order valence-corrected chi connectivity index (χ2v) is 4.87. The summed E-state index contributed by atoms with van der Waals surface area (Å²) in [5, 5.41) is 3.76. The molecule has 0 bridgehead atoms. The second-order valence-electron chi connectivity index (χ2n) is 4.87. The Kier molecular flexibility index (Phi) is 5.08. The van der Waals surface area contributed by atoms with Crippen LogP contribution in [0.15, 0.2) is 30.3 Å². The van der Waals surface area contributed by atoms with Crippen LogP contribution in [0, 0.1) is 0 Å².